The lowest BCUT2D eigenvalue weighted by Gasteiger charge is -2.33. The van der Waals surface area contributed by atoms with Crippen LogP contribution in [0.25, 0.3) is 0 Å². The Balaban J connectivity index is 0.00000180. The number of nitrogens with one attached hydrogen (secondary N) is 1. The van der Waals surface area contributed by atoms with Crippen LogP contribution in [0, 0.1) is 0 Å². The monoisotopic (exact) mass is 302 g/mol. The Morgan fingerprint density at radius 3 is 2.74 bits per heavy atom. The fourth-order valence-corrected chi connectivity index (χ4v) is 2.58. The lowest BCUT2D eigenvalue weighted by atomic mass is 10.2. The van der Waals surface area contributed by atoms with Gasteiger partial charge in [-0.1, -0.05) is 0 Å². The van der Waals surface area contributed by atoms with Gasteiger partial charge >= 0.3 is 0 Å². The summed E-state index contributed by atoms with van der Waals surface area (Å²) in [5.74, 6) is 0.968. The summed E-state index contributed by atoms with van der Waals surface area (Å²) in [6.07, 6.45) is 2.08. The van der Waals surface area contributed by atoms with Gasteiger partial charge in [-0.2, -0.15) is 0 Å². The molecule has 1 aliphatic rings. The molecule has 1 atom stereocenters. The minimum absolute atomic E-state index is 0. The van der Waals surface area contributed by atoms with Gasteiger partial charge in [0.15, 0.2) is 0 Å². The maximum Gasteiger partial charge on any atom is 0.119 e. The molecule has 0 aliphatic carbocycles. The van der Waals surface area contributed by atoms with E-state index in [1.807, 2.05) is 12.1 Å². The molecule has 3 nitrogen and oxygen atoms in total. The molecule has 1 fully saturated rings. The number of thioether (sulfide) groups is 1. The smallest absolute Gasteiger partial charge is 0.119 e. The topological polar surface area (TPSA) is 24.5 Å². The Morgan fingerprint density at radius 1 is 1.37 bits per heavy atom. The van der Waals surface area contributed by atoms with Crippen molar-refractivity contribution in [2.75, 3.05) is 39.0 Å². The van der Waals surface area contributed by atoms with Crippen LogP contribution in [-0.2, 0) is 0 Å². The van der Waals surface area contributed by atoms with E-state index in [0.29, 0.717) is 6.04 Å². The van der Waals surface area contributed by atoms with Gasteiger partial charge in [-0.05, 0) is 37.4 Å². The number of ether oxygens (including phenoxy) is 1. The van der Waals surface area contributed by atoms with Crippen molar-refractivity contribution in [3.05, 3.63) is 24.3 Å². The quantitative estimate of drug-likeness (QED) is 0.845. The van der Waals surface area contributed by atoms with Crippen LogP contribution in [0.3, 0.4) is 0 Å². The highest BCUT2D eigenvalue weighted by atomic mass is 35.5. The van der Waals surface area contributed by atoms with E-state index in [-0.39, 0.29) is 12.4 Å². The first-order valence-electron chi connectivity index (χ1n) is 6.51. The fourth-order valence-electron chi connectivity index (χ4n) is 2.17. The van der Waals surface area contributed by atoms with Crippen LogP contribution < -0.4 is 10.1 Å². The lowest BCUT2D eigenvalue weighted by molar-refractivity contribution is 0.143. The van der Waals surface area contributed by atoms with Gasteiger partial charge in [0.1, 0.15) is 12.4 Å². The number of halogens is 1. The van der Waals surface area contributed by atoms with Crippen molar-refractivity contribution < 1.29 is 4.74 Å². The van der Waals surface area contributed by atoms with E-state index >= 15 is 0 Å². The molecule has 0 aromatic heterocycles. The minimum atomic E-state index is 0. The summed E-state index contributed by atoms with van der Waals surface area (Å²) in [6, 6.07) is 8.92. The Bertz CT molecular complexity index is 361. The van der Waals surface area contributed by atoms with Gasteiger partial charge in [0.25, 0.3) is 0 Å². The predicted molar refractivity (Wildman–Crippen MR) is 84.9 cm³/mol. The summed E-state index contributed by atoms with van der Waals surface area (Å²) in [4.78, 5) is 3.75. The molecule has 108 valence electrons. The van der Waals surface area contributed by atoms with Crippen LogP contribution in [-0.4, -0.2) is 50.0 Å². The van der Waals surface area contributed by atoms with Crippen molar-refractivity contribution in [3.63, 3.8) is 0 Å². The first kappa shape index (κ1) is 16.6. The van der Waals surface area contributed by atoms with Crippen LogP contribution in [0.15, 0.2) is 29.2 Å². The molecule has 0 bridgehead atoms. The van der Waals surface area contributed by atoms with Gasteiger partial charge in [0, 0.05) is 37.1 Å². The second-order valence-corrected chi connectivity index (χ2v) is 5.49. The molecule has 1 aromatic rings. The zero-order valence-corrected chi connectivity index (χ0v) is 13.2. The summed E-state index contributed by atoms with van der Waals surface area (Å²) in [5, 5.41) is 3.40. The van der Waals surface area contributed by atoms with E-state index < -0.39 is 0 Å². The molecule has 0 spiro atoms. The van der Waals surface area contributed by atoms with Crippen molar-refractivity contribution in [2.24, 2.45) is 0 Å². The zero-order chi connectivity index (χ0) is 12.8. The second kappa shape index (κ2) is 8.69. The molecular weight excluding hydrogens is 280 g/mol. The van der Waals surface area contributed by atoms with Crippen molar-refractivity contribution in [1.29, 1.82) is 0 Å². The molecular formula is C14H23ClN2OS. The first-order chi connectivity index (χ1) is 8.79. The highest BCUT2D eigenvalue weighted by Gasteiger charge is 2.16. The summed E-state index contributed by atoms with van der Waals surface area (Å²) in [7, 11) is 0. The SMILES string of the molecule is CSc1ccc(OCCN2CCNC[C@@H]2C)cc1.Cl. The van der Waals surface area contributed by atoms with Gasteiger partial charge < -0.3 is 10.1 Å². The summed E-state index contributed by atoms with van der Waals surface area (Å²) in [6.45, 7) is 7.33. The summed E-state index contributed by atoms with van der Waals surface area (Å²) >= 11 is 1.75. The van der Waals surface area contributed by atoms with E-state index in [9.17, 15) is 0 Å². The van der Waals surface area contributed by atoms with Crippen molar-refractivity contribution >= 4 is 24.2 Å². The third-order valence-corrected chi connectivity index (χ3v) is 4.09. The van der Waals surface area contributed by atoms with Crippen molar-refractivity contribution in [1.82, 2.24) is 10.2 Å². The maximum atomic E-state index is 5.79. The van der Waals surface area contributed by atoms with E-state index in [1.54, 1.807) is 11.8 Å². The van der Waals surface area contributed by atoms with Gasteiger partial charge in [-0.15, -0.1) is 24.2 Å². The van der Waals surface area contributed by atoms with Crippen LogP contribution in [0.4, 0.5) is 0 Å². The Morgan fingerprint density at radius 2 is 2.11 bits per heavy atom. The molecule has 0 unspecified atom stereocenters. The van der Waals surface area contributed by atoms with Gasteiger partial charge in [-0.25, -0.2) is 0 Å². The summed E-state index contributed by atoms with van der Waals surface area (Å²) in [5.41, 5.74) is 0. The number of hydrogen-bond acceptors (Lipinski definition) is 4. The van der Waals surface area contributed by atoms with Gasteiger partial charge in [-0.3, -0.25) is 4.90 Å². The Labute approximate surface area is 126 Å². The molecule has 1 saturated heterocycles. The standard InChI is InChI=1S/C14H22N2OS.ClH/c1-12-11-15-7-8-16(12)9-10-17-13-3-5-14(18-2)6-4-13;/h3-6,12,15H,7-11H2,1-2H3;1H/t12-;/m0./s1. The first-order valence-corrected chi connectivity index (χ1v) is 7.73. The minimum Gasteiger partial charge on any atom is -0.492 e. The normalized spacial score (nSPS) is 19.8. The van der Waals surface area contributed by atoms with Gasteiger partial charge in [0.05, 0.1) is 0 Å². The van der Waals surface area contributed by atoms with Crippen LogP contribution in [0.1, 0.15) is 6.92 Å². The lowest BCUT2D eigenvalue weighted by Crippen LogP contribution is -2.50. The molecule has 5 heteroatoms. The molecule has 1 aromatic carbocycles. The molecule has 0 radical (unpaired) electrons. The van der Waals surface area contributed by atoms with E-state index in [2.05, 4.69) is 35.5 Å². The van der Waals surface area contributed by atoms with Crippen LogP contribution in [0.5, 0.6) is 5.75 Å². The fraction of sp³-hybridized carbons (Fsp3) is 0.571. The second-order valence-electron chi connectivity index (χ2n) is 4.61. The molecule has 1 aliphatic heterocycles. The number of rotatable bonds is 5. The largest absolute Gasteiger partial charge is 0.492 e. The third kappa shape index (κ3) is 5.22. The maximum absolute atomic E-state index is 5.79. The molecule has 1 heterocycles. The Hall–Kier alpha value is -0.420. The van der Waals surface area contributed by atoms with E-state index in [1.165, 1.54) is 4.90 Å². The zero-order valence-electron chi connectivity index (χ0n) is 11.6. The highest BCUT2D eigenvalue weighted by molar-refractivity contribution is 7.98. The van der Waals surface area contributed by atoms with Crippen LogP contribution >= 0.6 is 24.2 Å². The Kier molecular flexibility index (Phi) is 7.61. The van der Waals surface area contributed by atoms with Crippen molar-refractivity contribution in [2.45, 2.75) is 17.9 Å². The van der Waals surface area contributed by atoms with E-state index in [0.717, 1.165) is 38.5 Å². The molecule has 2 rings (SSSR count). The average molecular weight is 303 g/mol. The summed E-state index contributed by atoms with van der Waals surface area (Å²) < 4.78 is 5.79. The third-order valence-electron chi connectivity index (χ3n) is 3.35. The van der Waals surface area contributed by atoms with Crippen molar-refractivity contribution in [3.8, 4) is 5.75 Å². The number of piperazine rings is 1. The van der Waals surface area contributed by atoms with Gasteiger partial charge in [0.2, 0.25) is 0 Å². The predicted octanol–water partition coefficient (Wildman–Crippen LogP) is 2.50. The van der Waals surface area contributed by atoms with E-state index in [4.69, 9.17) is 4.74 Å². The number of benzene rings is 1. The number of nitrogens with zero attached hydrogens (tertiary/aromatic N) is 1. The van der Waals surface area contributed by atoms with Crippen LogP contribution in [0.2, 0.25) is 0 Å². The highest BCUT2D eigenvalue weighted by Crippen LogP contribution is 2.18. The molecule has 0 saturated carbocycles. The molecule has 0 amide bonds. The number of hydrogen-bond donors (Lipinski definition) is 1. The average Bonchev–Trinajstić information content (AvgIpc) is 2.42. The molecule has 1 N–H and O–H groups in total. The molecule has 19 heavy (non-hydrogen) atoms.